The lowest BCUT2D eigenvalue weighted by molar-refractivity contribution is 0.218. The third-order valence-corrected chi connectivity index (χ3v) is 5.61. The maximum absolute atomic E-state index is 9.38. The van der Waals surface area contributed by atoms with Crippen LogP contribution in [0.4, 0.5) is 0 Å². The molecular formula is C12H14BrNOS2. The molecule has 1 N–H and O–H groups in total. The molecule has 0 aliphatic rings. The van der Waals surface area contributed by atoms with Gasteiger partial charge in [-0.1, -0.05) is 13.8 Å². The second-order valence-electron chi connectivity index (χ2n) is 4.59. The number of aromatic nitrogens is 1. The molecule has 0 aliphatic heterocycles. The molecule has 92 valence electrons. The zero-order valence-electron chi connectivity index (χ0n) is 9.95. The number of hydrogen-bond acceptors (Lipinski definition) is 4. The topological polar surface area (TPSA) is 33.1 Å². The van der Waals surface area contributed by atoms with Crippen molar-refractivity contribution < 1.29 is 5.11 Å². The lowest BCUT2D eigenvalue weighted by Crippen LogP contribution is -2.21. The second-order valence-corrected chi connectivity index (χ2v) is 7.63. The van der Waals surface area contributed by atoms with Gasteiger partial charge in [0.05, 0.1) is 17.2 Å². The summed E-state index contributed by atoms with van der Waals surface area (Å²) in [5.41, 5.74) is 0.782. The van der Waals surface area contributed by atoms with Crippen LogP contribution in [0, 0.1) is 6.92 Å². The number of aliphatic hydroxyl groups is 1. The molecule has 0 saturated carbocycles. The van der Waals surface area contributed by atoms with Gasteiger partial charge in [0.25, 0.3) is 0 Å². The van der Waals surface area contributed by atoms with E-state index in [1.165, 1.54) is 9.75 Å². The summed E-state index contributed by atoms with van der Waals surface area (Å²) >= 11 is 6.81. The summed E-state index contributed by atoms with van der Waals surface area (Å²) in [7, 11) is 0. The fourth-order valence-electron chi connectivity index (χ4n) is 1.42. The molecule has 5 heteroatoms. The molecular weight excluding hydrogens is 318 g/mol. The van der Waals surface area contributed by atoms with Gasteiger partial charge in [0.1, 0.15) is 5.01 Å². The van der Waals surface area contributed by atoms with Crippen molar-refractivity contribution in [1.82, 2.24) is 4.98 Å². The summed E-state index contributed by atoms with van der Waals surface area (Å²) in [6, 6.07) is 2.09. The largest absolute Gasteiger partial charge is 0.395 e. The Morgan fingerprint density at radius 2 is 2.18 bits per heavy atom. The highest BCUT2D eigenvalue weighted by Gasteiger charge is 2.25. The Morgan fingerprint density at radius 3 is 2.71 bits per heavy atom. The third kappa shape index (κ3) is 2.62. The van der Waals surface area contributed by atoms with Gasteiger partial charge in [-0.25, -0.2) is 4.98 Å². The summed E-state index contributed by atoms with van der Waals surface area (Å²) in [5, 5.41) is 12.4. The Balaban J connectivity index is 2.44. The average molecular weight is 332 g/mol. The maximum atomic E-state index is 9.38. The molecule has 0 atom stereocenters. The molecule has 0 bridgehead atoms. The predicted octanol–water partition coefficient (Wildman–Crippen LogP) is 4.21. The van der Waals surface area contributed by atoms with Crippen molar-refractivity contribution >= 4 is 38.6 Å². The number of aliphatic hydroxyl groups excluding tert-OH is 1. The number of rotatable bonds is 3. The van der Waals surface area contributed by atoms with Gasteiger partial charge in [0.15, 0.2) is 0 Å². The highest BCUT2D eigenvalue weighted by Crippen LogP contribution is 2.37. The van der Waals surface area contributed by atoms with E-state index >= 15 is 0 Å². The normalized spacial score (nSPS) is 12.1. The Morgan fingerprint density at radius 1 is 1.47 bits per heavy atom. The SMILES string of the molecule is Cc1sc(C(C)(C)CO)nc1-c1cc(Br)cs1. The zero-order valence-corrected chi connectivity index (χ0v) is 13.2. The van der Waals surface area contributed by atoms with Crippen molar-refractivity contribution in [2.45, 2.75) is 26.2 Å². The molecule has 2 aromatic rings. The molecule has 0 saturated heterocycles. The summed E-state index contributed by atoms with van der Waals surface area (Å²) in [6.45, 7) is 6.23. The first kappa shape index (κ1) is 13.2. The number of aryl methyl sites for hydroxylation is 1. The van der Waals surface area contributed by atoms with Crippen molar-refractivity contribution in [2.75, 3.05) is 6.61 Å². The van der Waals surface area contributed by atoms with Crippen LogP contribution in [-0.2, 0) is 5.41 Å². The van der Waals surface area contributed by atoms with Crippen molar-refractivity contribution in [3.8, 4) is 10.6 Å². The van der Waals surface area contributed by atoms with Crippen molar-refractivity contribution in [1.29, 1.82) is 0 Å². The molecule has 2 aromatic heterocycles. The van der Waals surface area contributed by atoms with E-state index in [4.69, 9.17) is 0 Å². The minimum Gasteiger partial charge on any atom is -0.395 e. The molecule has 0 radical (unpaired) electrons. The molecule has 2 nitrogen and oxygen atoms in total. The Hall–Kier alpha value is -0.230. The van der Waals surface area contributed by atoms with E-state index in [0.717, 1.165) is 15.2 Å². The van der Waals surface area contributed by atoms with Crippen LogP contribution in [0.1, 0.15) is 23.7 Å². The second kappa shape index (κ2) is 4.80. The fraction of sp³-hybridized carbons (Fsp3) is 0.417. The van der Waals surface area contributed by atoms with Crippen LogP contribution in [0.5, 0.6) is 0 Å². The molecule has 0 unspecified atom stereocenters. The molecule has 0 spiro atoms. The summed E-state index contributed by atoms with van der Waals surface area (Å²) in [4.78, 5) is 7.06. The molecule has 2 heterocycles. The molecule has 17 heavy (non-hydrogen) atoms. The van der Waals surface area contributed by atoms with Gasteiger partial charge in [-0.2, -0.15) is 0 Å². The monoisotopic (exact) mass is 331 g/mol. The van der Waals surface area contributed by atoms with Crippen LogP contribution in [0.25, 0.3) is 10.6 Å². The minimum absolute atomic E-state index is 0.119. The van der Waals surface area contributed by atoms with E-state index in [0.29, 0.717) is 0 Å². The lowest BCUT2D eigenvalue weighted by atomic mass is 9.96. The molecule has 0 amide bonds. The van der Waals surface area contributed by atoms with Crippen LogP contribution in [0.2, 0.25) is 0 Å². The minimum atomic E-state index is -0.262. The van der Waals surface area contributed by atoms with Crippen LogP contribution < -0.4 is 0 Å². The van der Waals surface area contributed by atoms with Crippen molar-refractivity contribution in [3.63, 3.8) is 0 Å². The Bertz CT molecular complexity index is 530. The van der Waals surface area contributed by atoms with Crippen LogP contribution >= 0.6 is 38.6 Å². The van der Waals surface area contributed by atoms with E-state index in [1.54, 1.807) is 22.7 Å². The number of halogens is 1. The van der Waals surface area contributed by atoms with Crippen LogP contribution in [0.15, 0.2) is 15.9 Å². The smallest absolute Gasteiger partial charge is 0.101 e. The van der Waals surface area contributed by atoms with Gasteiger partial charge in [-0.15, -0.1) is 22.7 Å². The number of thiazole rings is 1. The summed E-state index contributed by atoms with van der Waals surface area (Å²) in [5.74, 6) is 0. The molecule has 0 aromatic carbocycles. The van der Waals surface area contributed by atoms with E-state index in [2.05, 4.69) is 39.3 Å². The quantitative estimate of drug-likeness (QED) is 0.913. The van der Waals surface area contributed by atoms with Gasteiger partial charge in [0, 0.05) is 20.1 Å². The van der Waals surface area contributed by atoms with Crippen LogP contribution in [-0.4, -0.2) is 16.7 Å². The van der Waals surface area contributed by atoms with Crippen molar-refractivity contribution in [2.24, 2.45) is 0 Å². The fourth-order valence-corrected chi connectivity index (χ4v) is 3.98. The van der Waals surface area contributed by atoms with Crippen molar-refractivity contribution in [3.05, 3.63) is 25.8 Å². The van der Waals surface area contributed by atoms with Gasteiger partial charge in [-0.05, 0) is 28.9 Å². The van der Waals surface area contributed by atoms with E-state index in [-0.39, 0.29) is 12.0 Å². The first-order chi connectivity index (χ1) is 7.94. The van der Waals surface area contributed by atoms with Gasteiger partial charge in [0.2, 0.25) is 0 Å². The number of nitrogens with zero attached hydrogens (tertiary/aromatic N) is 1. The van der Waals surface area contributed by atoms with Gasteiger partial charge in [-0.3, -0.25) is 0 Å². The Labute approximate surface area is 117 Å². The highest BCUT2D eigenvalue weighted by atomic mass is 79.9. The maximum Gasteiger partial charge on any atom is 0.101 e. The predicted molar refractivity (Wildman–Crippen MR) is 78.0 cm³/mol. The zero-order chi connectivity index (χ0) is 12.6. The number of hydrogen-bond donors (Lipinski definition) is 1. The van der Waals surface area contributed by atoms with E-state index in [1.807, 2.05) is 13.8 Å². The third-order valence-electron chi connectivity index (χ3n) is 2.57. The van der Waals surface area contributed by atoms with E-state index < -0.39 is 0 Å². The summed E-state index contributed by atoms with van der Waals surface area (Å²) in [6.07, 6.45) is 0. The number of thiophene rings is 1. The van der Waals surface area contributed by atoms with E-state index in [9.17, 15) is 5.11 Å². The molecule has 0 aliphatic carbocycles. The first-order valence-corrected chi connectivity index (χ1v) is 7.76. The lowest BCUT2D eigenvalue weighted by Gasteiger charge is -2.17. The highest BCUT2D eigenvalue weighted by molar-refractivity contribution is 9.10. The summed E-state index contributed by atoms with van der Waals surface area (Å²) < 4.78 is 1.09. The average Bonchev–Trinajstić information content (AvgIpc) is 2.85. The first-order valence-electron chi connectivity index (χ1n) is 5.27. The van der Waals surface area contributed by atoms with Gasteiger partial charge < -0.3 is 5.11 Å². The molecule has 2 rings (SSSR count). The van der Waals surface area contributed by atoms with Crippen LogP contribution in [0.3, 0.4) is 0 Å². The molecule has 0 fully saturated rings. The Kier molecular flexibility index (Phi) is 3.73. The standard InChI is InChI=1S/C12H14BrNOS2/c1-7-10(9-4-8(13)5-16-9)14-11(17-7)12(2,3)6-15/h4-5,15H,6H2,1-3H3. The van der Waals surface area contributed by atoms with Gasteiger partial charge >= 0.3 is 0 Å².